The van der Waals surface area contributed by atoms with Gasteiger partial charge in [0, 0.05) is 53.7 Å². The topological polar surface area (TPSA) is 89.1 Å². The highest BCUT2D eigenvalue weighted by Crippen LogP contribution is 2.47. The van der Waals surface area contributed by atoms with Crippen LogP contribution in [0.3, 0.4) is 0 Å². The molecule has 0 unspecified atom stereocenters. The Kier molecular flexibility index (Phi) is 9.28. The van der Waals surface area contributed by atoms with Gasteiger partial charge < -0.3 is 29.7 Å². The lowest BCUT2D eigenvalue weighted by Gasteiger charge is -2.37. The summed E-state index contributed by atoms with van der Waals surface area (Å²) in [7, 11) is 4.79. The molecule has 0 saturated carbocycles. The number of ketones is 1. The Balaban J connectivity index is 1.56. The van der Waals surface area contributed by atoms with Crippen molar-refractivity contribution >= 4 is 23.1 Å². The zero-order valence-electron chi connectivity index (χ0n) is 26.3. The van der Waals surface area contributed by atoms with Crippen LogP contribution in [-0.4, -0.2) is 46.1 Å². The number of dihydropyridines is 1. The number of allylic oxidation sites excluding steroid dienone is 3. The second-order valence-corrected chi connectivity index (χ2v) is 11.0. The Morgan fingerprint density at radius 2 is 1.52 bits per heavy atom. The molecule has 0 bridgehead atoms. The number of carbonyl (C=O) groups is 2. The molecule has 0 fully saturated rings. The van der Waals surface area contributed by atoms with Crippen molar-refractivity contribution in [3.63, 3.8) is 0 Å². The van der Waals surface area contributed by atoms with E-state index in [0.717, 1.165) is 41.3 Å². The van der Waals surface area contributed by atoms with Crippen LogP contribution in [0.1, 0.15) is 56.6 Å². The van der Waals surface area contributed by atoms with Gasteiger partial charge in [0.25, 0.3) is 5.91 Å². The molecule has 8 nitrogen and oxygen atoms in total. The molecule has 3 aromatic rings. The molecule has 44 heavy (non-hydrogen) atoms. The van der Waals surface area contributed by atoms with E-state index in [9.17, 15) is 9.59 Å². The molecule has 0 radical (unpaired) electrons. The minimum atomic E-state index is -0.523. The molecule has 1 heterocycles. The fourth-order valence-corrected chi connectivity index (χ4v) is 6.42. The first-order valence-corrected chi connectivity index (χ1v) is 15.1. The Labute approximate surface area is 259 Å². The first kappa shape index (κ1) is 30.7. The van der Waals surface area contributed by atoms with Gasteiger partial charge in [0.15, 0.2) is 17.3 Å². The third kappa shape index (κ3) is 5.89. The van der Waals surface area contributed by atoms with Gasteiger partial charge in [0.05, 0.1) is 27.0 Å². The Morgan fingerprint density at radius 1 is 0.864 bits per heavy atom. The predicted octanol–water partition coefficient (Wildman–Crippen LogP) is 6.56. The molecular weight excluding hydrogens is 554 g/mol. The van der Waals surface area contributed by atoms with Gasteiger partial charge in [0.1, 0.15) is 5.75 Å². The lowest BCUT2D eigenvalue weighted by atomic mass is 9.71. The van der Waals surface area contributed by atoms with Crippen molar-refractivity contribution in [2.75, 3.05) is 44.6 Å². The molecule has 3 aromatic carbocycles. The quantitative estimate of drug-likeness (QED) is 0.274. The molecule has 5 rings (SSSR count). The summed E-state index contributed by atoms with van der Waals surface area (Å²) in [5.41, 5.74) is 6.31. The van der Waals surface area contributed by atoms with Crippen LogP contribution >= 0.6 is 0 Å². The van der Waals surface area contributed by atoms with E-state index in [1.807, 2.05) is 49.4 Å². The Hall–Kier alpha value is -4.72. The monoisotopic (exact) mass is 595 g/mol. The van der Waals surface area contributed by atoms with E-state index in [2.05, 4.69) is 41.5 Å². The number of carbonyl (C=O) groups excluding carboxylic acids is 2. The maximum absolute atomic E-state index is 14.1. The number of rotatable bonds is 10. The van der Waals surface area contributed by atoms with Crippen molar-refractivity contribution in [2.45, 2.75) is 45.4 Å². The summed E-state index contributed by atoms with van der Waals surface area (Å²) in [5.74, 6) is 1.01. The SMILES string of the molecule is CCN(CC)c1ccc([C@@H]2C(C(=O)Nc3ccccc3OC)=C(C)NC3=C2C(=O)C[C@@H](c2ccc(OC)c(OC)c2)C3)cc1. The summed E-state index contributed by atoms with van der Waals surface area (Å²) in [6.45, 7) is 7.94. The molecule has 2 N–H and O–H groups in total. The van der Waals surface area contributed by atoms with Crippen LogP contribution in [0.15, 0.2) is 89.3 Å². The molecule has 230 valence electrons. The standard InChI is InChI=1S/C36H41N3O5/c1-7-39(8-2)26-16-13-23(14-17-26)34-33(36(41)38-27-11-9-10-12-30(27)42-4)22(3)37-28-19-25(20-29(40)35(28)34)24-15-18-31(43-5)32(21-24)44-6/h9-18,21,25,34,37H,7-8,19-20H2,1-6H3,(H,38,41)/t25-,34+/m0/s1. The number of methoxy groups -OCH3 is 3. The van der Waals surface area contributed by atoms with Crippen LogP contribution in [0.4, 0.5) is 11.4 Å². The van der Waals surface area contributed by atoms with Gasteiger partial charge in [-0.1, -0.05) is 30.3 Å². The molecule has 2 aliphatic rings. The third-order valence-electron chi connectivity index (χ3n) is 8.66. The zero-order chi connectivity index (χ0) is 31.4. The first-order chi connectivity index (χ1) is 21.3. The highest BCUT2D eigenvalue weighted by Gasteiger charge is 2.41. The number of ether oxygens (including phenoxy) is 3. The predicted molar refractivity (Wildman–Crippen MR) is 174 cm³/mol. The summed E-state index contributed by atoms with van der Waals surface area (Å²) in [5, 5.41) is 6.52. The van der Waals surface area contributed by atoms with E-state index in [-0.39, 0.29) is 17.6 Å². The summed E-state index contributed by atoms with van der Waals surface area (Å²) in [6.07, 6.45) is 0.952. The zero-order valence-corrected chi connectivity index (χ0v) is 26.3. The number of Topliss-reactive ketones (excluding diaryl/α,β-unsaturated/α-hetero) is 1. The van der Waals surface area contributed by atoms with Crippen molar-refractivity contribution in [2.24, 2.45) is 0 Å². The fraction of sp³-hybridized carbons (Fsp3) is 0.333. The normalized spacial score (nSPS) is 17.9. The molecule has 8 heteroatoms. The molecule has 1 amide bonds. The Bertz CT molecular complexity index is 1600. The van der Waals surface area contributed by atoms with Gasteiger partial charge >= 0.3 is 0 Å². The number of nitrogens with one attached hydrogen (secondary N) is 2. The van der Waals surface area contributed by atoms with Crippen LogP contribution < -0.4 is 29.7 Å². The fourth-order valence-electron chi connectivity index (χ4n) is 6.42. The molecule has 0 saturated heterocycles. The smallest absolute Gasteiger partial charge is 0.254 e. The van der Waals surface area contributed by atoms with Crippen molar-refractivity contribution in [3.8, 4) is 17.2 Å². The molecule has 1 aliphatic carbocycles. The largest absolute Gasteiger partial charge is 0.495 e. The van der Waals surface area contributed by atoms with Gasteiger partial charge in [-0.2, -0.15) is 0 Å². The number of hydrogen-bond acceptors (Lipinski definition) is 7. The molecule has 0 aromatic heterocycles. The van der Waals surface area contributed by atoms with E-state index < -0.39 is 5.92 Å². The number of anilines is 2. The average Bonchev–Trinajstić information content (AvgIpc) is 3.04. The van der Waals surface area contributed by atoms with Gasteiger partial charge in [-0.15, -0.1) is 0 Å². The van der Waals surface area contributed by atoms with Crippen molar-refractivity contribution < 1.29 is 23.8 Å². The maximum atomic E-state index is 14.1. The number of benzene rings is 3. The second kappa shape index (κ2) is 13.3. The minimum absolute atomic E-state index is 0.0199. The average molecular weight is 596 g/mol. The van der Waals surface area contributed by atoms with E-state index >= 15 is 0 Å². The number of hydrogen-bond donors (Lipinski definition) is 2. The number of nitrogens with zero attached hydrogens (tertiary/aromatic N) is 1. The summed E-state index contributed by atoms with van der Waals surface area (Å²) in [6, 6.07) is 21.4. The second-order valence-electron chi connectivity index (χ2n) is 11.0. The number of amides is 1. The van der Waals surface area contributed by atoms with Crippen molar-refractivity contribution in [3.05, 3.63) is 100 Å². The highest BCUT2D eigenvalue weighted by molar-refractivity contribution is 6.10. The van der Waals surface area contributed by atoms with Crippen molar-refractivity contribution in [1.29, 1.82) is 0 Å². The van der Waals surface area contributed by atoms with Crippen LogP contribution in [-0.2, 0) is 9.59 Å². The van der Waals surface area contributed by atoms with E-state index in [0.29, 0.717) is 46.9 Å². The van der Waals surface area contributed by atoms with Crippen LogP contribution in [0.25, 0.3) is 0 Å². The van der Waals surface area contributed by atoms with E-state index in [1.165, 1.54) is 0 Å². The van der Waals surface area contributed by atoms with Gasteiger partial charge in [-0.3, -0.25) is 9.59 Å². The van der Waals surface area contributed by atoms with Gasteiger partial charge in [0.2, 0.25) is 0 Å². The highest BCUT2D eigenvalue weighted by atomic mass is 16.5. The lowest BCUT2D eigenvalue weighted by Crippen LogP contribution is -2.37. The van der Waals surface area contributed by atoms with Crippen LogP contribution in [0, 0.1) is 0 Å². The molecular formula is C36H41N3O5. The Morgan fingerprint density at radius 3 is 2.18 bits per heavy atom. The van der Waals surface area contributed by atoms with Crippen LogP contribution in [0.2, 0.25) is 0 Å². The van der Waals surface area contributed by atoms with Gasteiger partial charge in [-0.25, -0.2) is 0 Å². The molecule has 2 atom stereocenters. The summed E-state index contributed by atoms with van der Waals surface area (Å²) in [4.78, 5) is 30.5. The van der Waals surface area contributed by atoms with Crippen LogP contribution in [0.5, 0.6) is 17.2 Å². The first-order valence-electron chi connectivity index (χ1n) is 15.1. The summed E-state index contributed by atoms with van der Waals surface area (Å²) < 4.78 is 16.4. The maximum Gasteiger partial charge on any atom is 0.254 e. The van der Waals surface area contributed by atoms with Crippen molar-refractivity contribution in [1.82, 2.24) is 5.32 Å². The molecule has 1 aliphatic heterocycles. The molecule has 0 spiro atoms. The van der Waals surface area contributed by atoms with E-state index in [1.54, 1.807) is 33.5 Å². The third-order valence-corrected chi connectivity index (χ3v) is 8.66. The number of para-hydroxylation sites is 2. The minimum Gasteiger partial charge on any atom is -0.495 e. The lowest BCUT2D eigenvalue weighted by molar-refractivity contribution is -0.116. The van der Waals surface area contributed by atoms with Gasteiger partial charge in [-0.05, 0) is 80.6 Å². The van der Waals surface area contributed by atoms with E-state index in [4.69, 9.17) is 14.2 Å². The summed E-state index contributed by atoms with van der Waals surface area (Å²) >= 11 is 0.